The van der Waals surface area contributed by atoms with Crippen LogP contribution in [0.25, 0.3) is 6.08 Å². The predicted molar refractivity (Wildman–Crippen MR) is 78.6 cm³/mol. The highest BCUT2D eigenvalue weighted by molar-refractivity contribution is 7.95. The molecule has 0 heterocycles. The van der Waals surface area contributed by atoms with Crippen molar-refractivity contribution < 1.29 is 12.8 Å². The van der Waals surface area contributed by atoms with Gasteiger partial charge in [-0.25, -0.2) is 12.8 Å². The summed E-state index contributed by atoms with van der Waals surface area (Å²) in [6.07, 6.45) is 1.13. The van der Waals surface area contributed by atoms with Gasteiger partial charge in [0, 0.05) is 5.02 Å². The molecule has 0 saturated carbocycles. The highest BCUT2D eigenvalue weighted by Crippen LogP contribution is 2.22. The number of hydrogen-bond acceptors (Lipinski definition) is 3. The van der Waals surface area contributed by atoms with Gasteiger partial charge in [0.1, 0.15) is 16.8 Å². The lowest BCUT2D eigenvalue weighted by molar-refractivity contribution is 0.603. The molecule has 0 radical (unpaired) electrons. The number of benzene rings is 2. The fourth-order valence-corrected chi connectivity index (χ4v) is 2.94. The van der Waals surface area contributed by atoms with E-state index in [1.54, 1.807) is 6.07 Å². The molecule has 0 fully saturated rings. The number of nitriles is 1. The molecule has 0 amide bonds. The lowest BCUT2D eigenvalue weighted by Crippen LogP contribution is -2.03. The van der Waals surface area contributed by atoms with E-state index in [-0.39, 0.29) is 4.90 Å². The van der Waals surface area contributed by atoms with E-state index in [9.17, 15) is 12.8 Å². The fourth-order valence-electron chi connectivity index (χ4n) is 1.66. The summed E-state index contributed by atoms with van der Waals surface area (Å²) in [7, 11) is -3.96. The largest absolute Gasteiger partial charge is 0.218 e. The zero-order chi connectivity index (χ0) is 15.5. The van der Waals surface area contributed by atoms with Crippen molar-refractivity contribution in [1.82, 2.24) is 0 Å². The quantitative estimate of drug-likeness (QED) is 0.807. The molecule has 0 N–H and O–H groups in total. The molecular weight excluding hydrogens is 313 g/mol. The molecule has 0 aliphatic carbocycles. The van der Waals surface area contributed by atoms with Gasteiger partial charge < -0.3 is 0 Å². The van der Waals surface area contributed by atoms with Gasteiger partial charge in [-0.15, -0.1) is 0 Å². The molecule has 6 heteroatoms. The number of rotatable bonds is 3. The third-order valence-electron chi connectivity index (χ3n) is 2.67. The second-order valence-corrected chi connectivity index (χ2v) is 6.49. The standard InChI is InChI=1S/C15H9ClFNO2S/c16-12-4-6-14(7-5-12)21(19,20)15(10-18)9-11-2-1-3-13(17)8-11/h1-9H. The molecule has 0 aliphatic heterocycles. The molecule has 3 nitrogen and oxygen atoms in total. The van der Waals surface area contributed by atoms with E-state index < -0.39 is 20.6 Å². The van der Waals surface area contributed by atoms with Gasteiger partial charge >= 0.3 is 0 Å². The molecule has 2 rings (SSSR count). The number of hydrogen-bond donors (Lipinski definition) is 0. The van der Waals surface area contributed by atoms with Gasteiger partial charge in [-0.1, -0.05) is 23.7 Å². The van der Waals surface area contributed by atoms with Gasteiger partial charge in [0.25, 0.3) is 0 Å². The Morgan fingerprint density at radius 3 is 2.43 bits per heavy atom. The van der Waals surface area contributed by atoms with Crippen molar-refractivity contribution in [3.63, 3.8) is 0 Å². The van der Waals surface area contributed by atoms with Crippen molar-refractivity contribution in [2.75, 3.05) is 0 Å². The van der Waals surface area contributed by atoms with Crippen LogP contribution in [0.1, 0.15) is 5.56 Å². The Kier molecular flexibility index (Phi) is 4.41. The zero-order valence-electron chi connectivity index (χ0n) is 10.6. The summed E-state index contributed by atoms with van der Waals surface area (Å²) in [6.45, 7) is 0. The van der Waals surface area contributed by atoms with Crippen molar-refractivity contribution in [3.8, 4) is 6.07 Å². The molecule has 0 unspecified atom stereocenters. The Hall–Kier alpha value is -2.16. The molecule has 21 heavy (non-hydrogen) atoms. The third kappa shape index (κ3) is 3.48. The van der Waals surface area contributed by atoms with Crippen LogP contribution in [0.3, 0.4) is 0 Å². The van der Waals surface area contributed by atoms with Crippen LogP contribution in [-0.4, -0.2) is 8.42 Å². The summed E-state index contributed by atoms with van der Waals surface area (Å²) in [5.74, 6) is -0.509. The Morgan fingerprint density at radius 1 is 1.19 bits per heavy atom. The summed E-state index contributed by atoms with van der Waals surface area (Å²) >= 11 is 5.71. The van der Waals surface area contributed by atoms with Crippen LogP contribution in [0, 0.1) is 17.1 Å². The SMILES string of the molecule is N#CC(=Cc1cccc(F)c1)S(=O)(=O)c1ccc(Cl)cc1. The highest BCUT2D eigenvalue weighted by atomic mass is 35.5. The van der Waals surface area contributed by atoms with Crippen LogP contribution in [0.4, 0.5) is 4.39 Å². The molecular formula is C15H9ClFNO2S. The Balaban J connectivity index is 2.50. The van der Waals surface area contributed by atoms with Crippen molar-refractivity contribution in [2.45, 2.75) is 4.90 Å². The van der Waals surface area contributed by atoms with Crippen LogP contribution in [-0.2, 0) is 9.84 Å². The van der Waals surface area contributed by atoms with Crippen molar-refractivity contribution >= 4 is 27.5 Å². The third-order valence-corrected chi connectivity index (χ3v) is 4.60. The van der Waals surface area contributed by atoms with Crippen LogP contribution in [0.5, 0.6) is 0 Å². The average Bonchev–Trinajstić information content (AvgIpc) is 2.45. The van der Waals surface area contributed by atoms with E-state index in [0.29, 0.717) is 10.6 Å². The topological polar surface area (TPSA) is 57.9 Å². The van der Waals surface area contributed by atoms with Crippen LogP contribution in [0.15, 0.2) is 58.3 Å². The van der Waals surface area contributed by atoms with Gasteiger partial charge in [0.05, 0.1) is 4.90 Å². The second-order valence-electron chi connectivity index (χ2n) is 4.13. The van der Waals surface area contributed by atoms with Crippen molar-refractivity contribution in [2.24, 2.45) is 0 Å². The molecule has 2 aromatic carbocycles. The summed E-state index contributed by atoms with van der Waals surface area (Å²) < 4.78 is 37.8. The normalized spacial score (nSPS) is 12.0. The van der Waals surface area contributed by atoms with Gasteiger partial charge in [-0.3, -0.25) is 0 Å². The molecule has 0 bridgehead atoms. The minimum Gasteiger partial charge on any atom is -0.218 e. The molecule has 0 atom stereocenters. The summed E-state index contributed by atoms with van der Waals surface area (Å²) in [4.78, 5) is -0.508. The first-order valence-corrected chi connectivity index (χ1v) is 7.67. The van der Waals surface area contributed by atoms with E-state index in [2.05, 4.69) is 0 Å². The molecule has 0 saturated heterocycles. The minimum atomic E-state index is -3.96. The molecule has 0 aliphatic rings. The monoisotopic (exact) mass is 321 g/mol. The van der Waals surface area contributed by atoms with Crippen LogP contribution < -0.4 is 0 Å². The van der Waals surface area contributed by atoms with Gasteiger partial charge in [-0.2, -0.15) is 5.26 Å². The lowest BCUT2D eigenvalue weighted by atomic mass is 10.2. The van der Waals surface area contributed by atoms with E-state index >= 15 is 0 Å². The maximum absolute atomic E-state index is 13.1. The van der Waals surface area contributed by atoms with E-state index in [1.165, 1.54) is 42.5 Å². The van der Waals surface area contributed by atoms with E-state index in [0.717, 1.165) is 12.1 Å². The first kappa shape index (κ1) is 15.2. The molecule has 106 valence electrons. The smallest absolute Gasteiger partial charge is 0.216 e. The number of nitrogens with zero attached hydrogens (tertiary/aromatic N) is 1. The first-order chi connectivity index (χ1) is 9.93. The fraction of sp³-hybridized carbons (Fsp3) is 0. The Morgan fingerprint density at radius 2 is 1.86 bits per heavy atom. The zero-order valence-corrected chi connectivity index (χ0v) is 12.2. The maximum atomic E-state index is 13.1. The minimum absolute atomic E-state index is 0.0453. The predicted octanol–water partition coefficient (Wildman–Crippen LogP) is 3.82. The van der Waals surface area contributed by atoms with Gasteiger partial charge in [-0.05, 0) is 48.0 Å². The molecule has 0 spiro atoms. The van der Waals surface area contributed by atoms with Gasteiger partial charge in [0.15, 0.2) is 0 Å². The second kappa shape index (κ2) is 6.08. The number of allylic oxidation sites excluding steroid dienone is 1. The van der Waals surface area contributed by atoms with Crippen molar-refractivity contribution in [1.29, 1.82) is 5.26 Å². The average molecular weight is 322 g/mol. The Bertz CT molecular complexity index is 837. The molecule has 2 aromatic rings. The summed E-state index contributed by atoms with van der Waals surface area (Å²) in [5.41, 5.74) is 0.295. The Labute approximate surface area is 126 Å². The lowest BCUT2D eigenvalue weighted by Gasteiger charge is -2.03. The van der Waals surface area contributed by atoms with E-state index in [4.69, 9.17) is 16.9 Å². The van der Waals surface area contributed by atoms with E-state index in [1.807, 2.05) is 0 Å². The molecule has 0 aromatic heterocycles. The summed E-state index contributed by atoms with van der Waals surface area (Å²) in [5, 5.41) is 9.48. The maximum Gasteiger partial charge on any atom is 0.216 e. The van der Waals surface area contributed by atoms with Gasteiger partial charge in [0.2, 0.25) is 9.84 Å². The number of halogens is 2. The first-order valence-electron chi connectivity index (χ1n) is 5.81. The van der Waals surface area contributed by atoms with Crippen LogP contribution in [0.2, 0.25) is 5.02 Å². The van der Waals surface area contributed by atoms with Crippen molar-refractivity contribution in [3.05, 3.63) is 69.8 Å². The summed E-state index contributed by atoms with van der Waals surface area (Å²) in [6, 6.07) is 12.4. The number of sulfone groups is 1. The highest BCUT2D eigenvalue weighted by Gasteiger charge is 2.20. The van der Waals surface area contributed by atoms with Crippen LogP contribution >= 0.6 is 11.6 Å².